The maximum Gasteiger partial charge on any atom is 0.236 e. The first kappa shape index (κ1) is 16.8. The molecule has 1 aromatic carbocycles. The molecule has 0 aliphatic rings. The van der Waals surface area contributed by atoms with Gasteiger partial charge in [-0.15, -0.1) is 0 Å². The first-order valence-corrected chi connectivity index (χ1v) is 7.34. The standard InChI is InChI=1S/C15H24ClN3O/c1-4-19(10-15(17)20)14-7-5-6-13(16)12(14)9-18-8-11(2)3/h5-7,11,18H,4,8-10H2,1-3H3,(H2,17,20). The zero-order valence-corrected chi connectivity index (χ0v) is 13.2. The summed E-state index contributed by atoms with van der Waals surface area (Å²) in [6.07, 6.45) is 0. The summed E-state index contributed by atoms with van der Waals surface area (Å²) in [5.74, 6) is 0.238. The highest BCUT2D eigenvalue weighted by atomic mass is 35.5. The van der Waals surface area contributed by atoms with Crippen LogP contribution in [0, 0.1) is 5.92 Å². The zero-order valence-electron chi connectivity index (χ0n) is 12.4. The number of primary amides is 1. The number of anilines is 1. The van der Waals surface area contributed by atoms with Gasteiger partial charge in [0.1, 0.15) is 0 Å². The maximum absolute atomic E-state index is 11.2. The smallest absolute Gasteiger partial charge is 0.236 e. The van der Waals surface area contributed by atoms with Crippen LogP contribution in [0.2, 0.25) is 5.02 Å². The first-order chi connectivity index (χ1) is 9.45. The van der Waals surface area contributed by atoms with Crippen LogP contribution in [0.4, 0.5) is 5.69 Å². The second-order valence-corrected chi connectivity index (χ2v) is 5.65. The number of halogens is 1. The number of benzene rings is 1. The number of nitrogens with zero attached hydrogens (tertiary/aromatic N) is 1. The minimum atomic E-state index is -0.340. The molecule has 1 amide bonds. The van der Waals surface area contributed by atoms with Crippen LogP contribution in [0.15, 0.2) is 18.2 Å². The van der Waals surface area contributed by atoms with Gasteiger partial charge < -0.3 is 16.0 Å². The van der Waals surface area contributed by atoms with Crippen molar-refractivity contribution in [2.45, 2.75) is 27.3 Å². The zero-order chi connectivity index (χ0) is 15.1. The Hall–Kier alpha value is -1.26. The Kier molecular flexibility index (Phi) is 6.82. The number of carbonyl (C=O) groups is 1. The Morgan fingerprint density at radius 3 is 2.70 bits per heavy atom. The predicted octanol–water partition coefficient (Wildman–Crippen LogP) is 2.40. The van der Waals surface area contributed by atoms with Gasteiger partial charge in [0, 0.05) is 29.4 Å². The molecule has 4 nitrogen and oxygen atoms in total. The van der Waals surface area contributed by atoms with Crippen molar-refractivity contribution in [2.75, 3.05) is 24.5 Å². The number of nitrogens with two attached hydrogens (primary N) is 1. The van der Waals surface area contributed by atoms with Crippen molar-refractivity contribution < 1.29 is 4.79 Å². The first-order valence-electron chi connectivity index (χ1n) is 6.97. The molecule has 0 radical (unpaired) electrons. The summed E-state index contributed by atoms with van der Waals surface area (Å²) < 4.78 is 0. The van der Waals surface area contributed by atoms with Gasteiger partial charge in [0.25, 0.3) is 0 Å². The predicted molar refractivity (Wildman–Crippen MR) is 85.1 cm³/mol. The molecule has 0 aromatic heterocycles. The van der Waals surface area contributed by atoms with E-state index >= 15 is 0 Å². The van der Waals surface area contributed by atoms with E-state index in [-0.39, 0.29) is 12.5 Å². The third-order valence-electron chi connectivity index (χ3n) is 3.02. The van der Waals surface area contributed by atoms with Crippen LogP contribution in [0.3, 0.4) is 0 Å². The van der Waals surface area contributed by atoms with Gasteiger partial charge in [-0.3, -0.25) is 4.79 Å². The molecule has 0 atom stereocenters. The maximum atomic E-state index is 11.2. The van der Waals surface area contributed by atoms with E-state index in [2.05, 4.69) is 19.2 Å². The Balaban J connectivity index is 2.93. The monoisotopic (exact) mass is 297 g/mol. The summed E-state index contributed by atoms with van der Waals surface area (Å²) in [6.45, 7) is 8.83. The topological polar surface area (TPSA) is 58.4 Å². The lowest BCUT2D eigenvalue weighted by atomic mass is 10.1. The molecule has 3 N–H and O–H groups in total. The number of carbonyl (C=O) groups excluding carboxylic acids is 1. The summed E-state index contributed by atoms with van der Waals surface area (Å²) in [5, 5.41) is 4.10. The van der Waals surface area contributed by atoms with Gasteiger partial charge in [0.05, 0.1) is 6.54 Å². The third-order valence-corrected chi connectivity index (χ3v) is 3.37. The number of hydrogen-bond donors (Lipinski definition) is 2. The number of hydrogen-bond acceptors (Lipinski definition) is 3. The summed E-state index contributed by atoms with van der Waals surface area (Å²) in [6, 6.07) is 5.74. The number of rotatable bonds is 8. The van der Waals surface area contributed by atoms with E-state index in [1.807, 2.05) is 30.0 Å². The largest absolute Gasteiger partial charge is 0.368 e. The van der Waals surface area contributed by atoms with E-state index in [0.717, 1.165) is 17.8 Å². The molecule has 0 bridgehead atoms. The highest BCUT2D eigenvalue weighted by molar-refractivity contribution is 6.31. The van der Waals surface area contributed by atoms with Crippen molar-refractivity contribution in [3.05, 3.63) is 28.8 Å². The van der Waals surface area contributed by atoms with Crippen molar-refractivity contribution in [3.8, 4) is 0 Å². The van der Waals surface area contributed by atoms with Crippen molar-refractivity contribution in [1.82, 2.24) is 5.32 Å². The Bertz CT molecular complexity index is 449. The molecule has 0 saturated heterocycles. The lowest BCUT2D eigenvalue weighted by Crippen LogP contribution is -2.34. The van der Waals surface area contributed by atoms with Crippen LogP contribution in [0.25, 0.3) is 0 Å². The molecule has 0 fully saturated rings. The molecule has 0 heterocycles. The molecular formula is C15H24ClN3O. The highest BCUT2D eigenvalue weighted by Crippen LogP contribution is 2.27. The van der Waals surface area contributed by atoms with Gasteiger partial charge in [-0.05, 0) is 31.5 Å². The Morgan fingerprint density at radius 1 is 1.45 bits per heavy atom. The Labute approximate surface area is 126 Å². The number of amides is 1. The normalized spacial score (nSPS) is 10.8. The highest BCUT2D eigenvalue weighted by Gasteiger charge is 2.14. The second-order valence-electron chi connectivity index (χ2n) is 5.24. The third kappa shape index (κ3) is 5.02. The molecule has 0 spiro atoms. The van der Waals surface area contributed by atoms with Gasteiger partial charge in [-0.25, -0.2) is 0 Å². The average Bonchev–Trinajstić information content (AvgIpc) is 2.37. The van der Waals surface area contributed by atoms with Crippen molar-refractivity contribution >= 4 is 23.2 Å². The molecule has 20 heavy (non-hydrogen) atoms. The Morgan fingerprint density at radius 2 is 2.15 bits per heavy atom. The second kappa shape index (κ2) is 8.12. The minimum Gasteiger partial charge on any atom is -0.368 e. The van der Waals surface area contributed by atoms with Crippen molar-refractivity contribution in [1.29, 1.82) is 0 Å². The molecular weight excluding hydrogens is 274 g/mol. The van der Waals surface area contributed by atoms with Gasteiger partial charge in [-0.1, -0.05) is 31.5 Å². The van der Waals surface area contributed by atoms with E-state index in [0.29, 0.717) is 24.0 Å². The number of likely N-dealkylation sites (N-methyl/N-ethyl adjacent to an activating group) is 1. The van der Waals surface area contributed by atoms with E-state index in [9.17, 15) is 4.79 Å². The van der Waals surface area contributed by atoms with Gasteiger partial charge >= 0.3 is 0 Å². The molecule has 0 saturated carbocycles. The summed E-state index contributed by atoms with van der Waals surface area (Å²) in [5.41, 5.74) is 7.28. The summed E-state index contributed by atoms with van der Waals surface area (Å²) in [4.78, 5) is 13.1. The molecule has 0 aliphatic carbocycles. The molecule has 1 rings (SSSR count). The van der Waals surface area contributed by atoms with Crippen LogP contribution in [0.1, 0.15) is 26.3 Å². The molecule has 0 aliphatic heterocycles. The van der Waals surface area contributed by atoms with E-state index in [4.69, 9.17) is 17.3 Å². The number of nitrogens with one attached hydrogen (secondary N) is 1. The van der Waals surface area contributed by atoms with Crippen LogP contribution in [-0.2, 0) is 11.3 Å². The van der Waals surface area contributed by atoms with E-state index < -0.39 is 0 Å². The average molecular weight is 298 g/mol. The quantitative estimate of drug-likeness (QED) is 0.774. The lowest BCUT2D eigenvalue weighted by Gasteiger charge is -2.25. The van der Waals surface area contributed by atoms with Crippen LogP contribution < -0.4 is 16.0 Å². The fraction of sp³-hybridized carbons (Fsp3) is 0.533. The molecule has 1 aromatic rings. The van der Waals surface area contributed by atoms with Crippen molar-refractivity contribution in [2.24, 2.45) is 11.7 Å². The van der Waals surface area contributed by atoms with E-state index in [1.54, 1.807) is 0 Å². The fourth-order valence-electron chi connectivity index (χ4n) is 2.06. The molecule has 5 heteroatoms. The lowest BCUT2D eigenvalue weighted by molar-refractivity contribution is -0.116. The molecule has 0 unspecified atom stereocenters. The molecule has 112 valence electrons. The van der Waals surface area contributed by atoms with E-state index in [1.165, 1.54) is 0 Å². The van der Waals surface area contributed by atoms with Gasteiger partial charge in [0.15, 0.2) is 0 Å². The van der Waals surface area contributed by atoms with Gasteiger partial charge in [0.2, 0.25) is 5.91 Å². The SMILES string of the molecule is CCN(CC(N)=O)c1cccc(Cl)c1CNCC(C)C. The van der Waals surface area contributed by atoms with Crippen LogP contribution >= 0.6 is 11.6 Å². The fourth-order valence-corrected chi connectivity index (χ4v) is 2.30. The minimum absolute atomic E-state index is 0.202. The van der Waals surface area contributed by atoms with Crippen LogP contribution in [0.5, 0.6) is 0 Å². The summed E-state index contributed by atoms with van der Waals surface area (Å²) in [7, 11) is 0. The summed E-state index contributed by atoms with van der Waals surface area (Å²) >= 11 is 6.30. The van der Waals surface area contributed by atoms with Gasteiger partial charge in [-0.2, -0.15) is 0 Å². The van der Waals surface area contributed by atoms with Crippen LogP contribution in [-0.4, -0.2) is 25.5 Å². The van der Waals surface area contributed by atoms with Crippen molar-refractivity contribution in [3.63, 3.8) is 0 Å².